The second-order valence-electron chi connectivity index (χ2n) is 4.75. The van der Waals surface area contributed by atoms with Crippen LogP contribution in [0.4, 0.5) is 0 Å². The molecule has 0 heterocycles. The summed E-state index contributed by atoms with van der Waals surface area (Å²) in [5, 5.41) is 10.4. The molecule has 4 nitrogen and oxygen atoms in total. The molecule has 0 aromatic heterocycles. The summed E-state index contributed by atoms with van der Waals surface area (Å²) in [4.78, 5) is 0.238. The summed E-state index contributed by atoms with van der Waals surface area (Å²) >= 11 is 0. The van der Waals surface area contributed by atoms with Gasteiger partial charge in [0.05, 0.1) is 11.5 Å². The highest BCUT2D eigenvalue weighted by Crippen LogP contribution is 2.26. The van der Waals surface area contributed by atoms with Crippen molar-refractivity contribution in [1.82, 2.24) is 0 Å². The minimum atomic E-state index is -3.23. The summed E-state index contributed by atoms with van der Waals surface area (Å²) in [6.07, 6.45) is 0.336. The Balaban J connectivity index is 2.27. The number of benzene rings is 2. The fraction of sp³-hybridized carbons (Fsp3) is 0.250. The molecule has 1 N–H and O–H groups in total. The second-order valence-corrected chi connectivity index (χ2v) is 6.76. The largest absolute Gasteiger partial charge is 0.494 e. The first-order valence-electron chi connectivity index (χ1n) is 6.62. The third kappa shape index (κ3) is 3.83. The summed E-state index contributed by atoms with van der Waals surface area (Å²) in [7, 11) is -3.23. The van der Waals surface area contributed by atoms with E-state index >= 15 is 0 Å². The van der Waals surface area contributed by atoms with Gasteiger partial charge < -0.3 is 9.84 Å². The second kappa shape index (κ2) is 6.28. The molecule has 2 aromatic rings. The van der Waals surface area contributed by atoms with E-state index in [4.69, 9.17) is 4.74 Å². The van der Waals surface area contributed by atoms with E-state index in [9.17, 15) is 13.5 Å². The van der Waals surface area contributed by atoms with Crippen LogP contribution < -0.4 is 4.74 Å². The van der Waals surface area contributed by atoms with E-state index in [-0.39, 0.29) is 4.90 Å². The van der Waals surface area contributed by atoms with Crippen molar-refractivity contribution in [2.45, 2.75) is 17.9 Å². The average molecular weight is 306 g/mol. The number of hydrogen-bond donors (Lipinski definition) is 1. The molecule has 0 bridgehead atoms. The fourth-order valence-corrected chi connectivity index (χ4v) is 2.66. The van der Waals surface area contributed by atoms with Crippen LogP contribution in [-0.4, -0.2) is 26.4 Å². The number of rotatable bonds is 5. The number of ether oxygens (including phenoxy) is 1. The van der Waals surface area contributed by atoms with Gasteiger partial charge in [-0.2, -0.15) is 0 Å². The predicted molar refractivity (Wildman–Crippen MR) is 81.2 cm³/mol. The molecule has 0 aliphatic heterocycles. The van der Waals surface area contributed by atoms with Crippen molar-refractivity contribution in [3.8, 4) is 5.75 Å². The Morgan fingerprint density at radius 3 is 2.33 bits per heavy atom. The Hall–Kier alpha value is -1.85. The molecule has 0 saturated carbocycles. The molecule has 21 heavy (non-hydrogen) atoms. The molecule has 0 amide bonds. The van der Waals surface area contributed by atoms with Gasteiger partial charge in [-0.1, -0.05) is 24.3 Å². The van der Waals surface area contributed by atoms with E-state index in [1.54, 1.807) is 24.3 Å². The Labute approximate surface area is 124 Å². The molecule has 2 aromatic carbocycles. The Morgan fingerprint density at radius 1 is 1.10 bits per heavy atom. The standard InChI is InChI=1S/C16H18O4S/c1-3-20-14-6-4-5-13(11-14)16(17)12-7-9-15(10-8-12)21(2,18)19/h4-11,16-17H,3H2,1-2H3. The Kier molecular flexibility index (Phi) is 4.65. The first kappa shape index (κ1) is 15.5. The molecule has 0 spiro atoms. The topological polar surface area (TPSA) is 63.6 Å². The summed E-state index contributed by atoms with van der Waals surface area (Å²) < 4.78 is 28.2. The minimum Gasteiger partial charge on any atom is -0.494 e. The maximum absolute atomic E-state index is 11.4. The van der Waals surface area contributed by atoms with Crippen LogP contribution in [0.15, 0.2) is 53.4 Å². The Bertz CT molecular complexity index is 705. The van der Waals surface area contributed by atoms with Crippen LogP contribution in [0.2, 0.25) is 0 Å². The van der Waals surface area contributed by atoms with Crippen molar-refractivity contribution in [2.24, 2.45) is 0 Å². The van der Waals surface area contributed by atoms with Crippen LogP contribution in [0.5, 0.6) is 5.75 Å². The van der Waals surface area contributed by atoms with E-state index in [1.807, 2.05) is 19.1 Å². The molecule has 5 heteroatoms. The molecular weight excluding hydrogens is 288 g/mol. The third-order valence-corrected chi connectivity index (χ3v) is 4.24. The minimum absolute atomic E-state index is 0.238. The number of aliphatic hydroxyl groups excluding tert-OH is 1. The van der Waals surface area contributed by atoms with Gasteiger partial charge in [0.25, 0.3) is 0 Å². The lowest BCUT2D eigenvalue weighted by Gasteiger charge is -2.13. The van der Waals surface area contributed by atoms with E-state index in [0.717, 1.165) is 6.26 Å². The van der Waals surface area contributed by atoms with E-state index in [0.29, 0.717) is 23.5 Å². The molecular formula is C16H18O4S. The molecule has 0 aliphatic carbocycles. The first-order valence-corrected chi connectivity index (χ1v) is 8.52. The Morgan fingerprint density at radius 2 is 1.76 bits per heavy atom. The van der Waals surface area contributed by atoms with Crippen LogP contribution in [0.25, 0.3) is 0 Å². The molecule has 2 rings (SSSR count). The van der Waals surface area contributed by atoms with Gasteiger partial charge >= 0.3 is 0 Å². The average Bonchev–Trinajstić information content (AvgIpc) is 2.46. The molecule has 0 aliphatic rings. The van der Waals surface area contributed by atoms with E-state index < -0.39 is 15.9 Å². The van der Waals surface area contributed by atoms with Crippen LogP contribution in [0.1, 0.15) is 24.2 Å². The van der Waals surface area contributed by atoms with Crippen molar-refractivity contribution in [2.75, 3.05) is 12.9 Å². The third-order valence-electron chi connectivity index (χ3n) is 3.11. The predicted octanol–water partition coefficient (Wildman–Crippen LogP) is 2.57. The van der Waals surface area contributed by atoms with Crippen molar-refractivity contribution >= 4 is 9.84 Å². The fourth-order valence-electron chi connectivity index (χ4n) is 2.03. The quantitative estimate of drug-likeness (QED) is 0.922. The summed E-state index contributed by atoms with van der Waals surface area (Å²) in [6.45, 7) is 2.45. The van der Waals surface area contributed by atoms with Gasteiger partial charge in [0.2, 0.25) is 0 Å². The molecule has 0 radical (unpaired) electrons. The van der Waals surface area contributed by atoms with E-state index in [1.165, 1.54) is 12.1 Å². The SMILES string of the molecule is CCOc1cccc(C(O)c2ccc(S(C)(=O)=O)cc2)c1. The van der Waals surface area contributed by atoms with Crippen molar-refractivity contribution < 1.29 is 18.3 Å². The van der Waals surface area contributed by atoms with Crippen molar-refractivity contribution in [1.29, 1.82) is 0 Å². The van der Waals surface area contributed by atoms with Gasteiger partial charge in [-0.3, -0.25) is 0 Å². The monoisotopic (exact) mass is 306 g/mol. The molecule has 1 unspecified atom stereocenters. The maximum Gasteiger partial charge on any atom is 0.175 e. The smallest absolute Gasteiger partial charge is 0.175 e. The van der Waals surface area contributed by atoms with Crippen LogP contribution >= 0.6 is 0 Å². The summed E-state index contributed by atoms with van der Waals surface area (Å²) in [5.74, 6) is 0.696. The van der Waals surface area contributed by atoms with Crippen LogP contribution in [-0.2, 0) is 9.84 Å². The summed E-state index contributed by atoms with van der Waals surface area (Å²) in [6, 6.07) is 13.5. The molecule has 0 fully saturated rings. The van der Waals surface area contributed by atoms with Crippen molar-refractivity contribution in [3.05, 3.63) is 59.7 Å². The van der Waals surface area contributed by atoms with Gasteiger partial charge in [0, 0.05) is 6.26 Å². The summed E-state index contributed by atoms with van der Waals surface area (Å²) in [5.41, 5.74) is 1.34. The van der Waals surface area contributed by atoms with Gasteiger partial charge in [-0.05, 0) is 42.3 Å². The molecule has 0 saturated heterocycles. The van der Waals surface area contributed by atoms with Crippen molar-refractivity contribution in [3.63, 3.8) is 0 Å². The lowest BCUT2D eigenvalue weighted by atomic mass is 10.0. The number of aliphatic hydroxyl groups is 1. The van der Waals surface area contributed by atoms with Crippen LogP contribution in [0, 0.1) is 0 Å². The van der Waals surface area contributed by atoms with E-state index in [2.05, 4.69) is 0 Å². The van der Waals surface area contributed by atoms with Gasteiger partial charge in [0.15, 0.2) is 9.84 Å². The molecule has 112 valence electrons. The lowest BCUT2D eigenvalue weighted by Crippen LogP contribution is -2.02. The highest BCUT2D eigenvalue weighted by molar-refractivity contribution is 7.90. The zero-order valence-corrected chi connectivity index (χ0v) is 12.8. The highest BCUT2D eigenvalue weighted by Gasteiger charge is 2.13. The zero-order chi connectivity index (χ0) is 15.5. The van der Waals surface area contributed by atoms with Gasteiger partial charge in [-0.25, -0.2) is 8.42 Å². The lowest BCUT2D eigenvalue weighted by molar-refractivity contribution is 0.219. The molecule has 1 atom stereocenters. The normalized spacial score (nSPS) is 12.9. The number of sulfone groups is 1. The number of hydrogen-bond acceptors (Lipinski definition) is 4. The zero-order valence-electron chi connectivity index (χ0n) is 12.0. The van der Waals surface area contributed by atoms with Gasteiger partial charge in [0.1, 0.15) is 11.9 Å². The maximum atomic E-state index is 11.4. The first-order chi connectivity index (χ1) is 9.91. The van der Waals surface area contributed by atoms with Gasteiger partial charge in [-0.15, -0.1) is 0 Å². The van der Waals surface area contributed by atoms with Crippen LogP contribution in [0.3, 0.4) is 0 Å². The highest BCUT2D eigenvalue weighted by atomic mass is 32.2.